The lowest BCUT2D eigenvalue weighted by atomic mass is 10.1. The van der Waals surface area contributed by atoms with E-state index in [1.165, 1.54) is 0 Å². The van der Waals surface area contributed by atoms with E-state index >= 15 is 0 Å². The van der Waals surface area contributed by atoms with E-state index < -0.39 is 0 Å². The van der Waals surface area contributed by atoms with E-state index in [2.05, 4.69) is 20.6 Å². The van der Waals surface area contributed by atoms with Gasteiger partial charge in [-0.2, -0.15) is 10.2 Å². The third-order valence-electron chi connectivity index (χ3n) is 3.46. The molecule has 2 aromatic rings. The zero-order valence-electron chi connectivity index (χ0n) is 12.4. The molecule has 0 aromatic carbocycles. The van der Waals surface area contributed by atoms with Gasteiger partial charge in [-0.1, -0.05) is 0 Å². The Kier molecular flexibility index (Phi) is 3.92. The highest BCUT2D eigenvalue weighted by molar-refractivity contribution is 5.79. The van der Waals surface area contributed by atoms with E-state index in [1.807, 2.05) is 44.6 Å². The number of aromatic amines is 1. The minimum atomic E-state index is -0.250. The number of H-pyrrole nitrogens is 1. The van der Waals surface area contributed by atoms with Gasteiger partial charge in [-0.3, -0.25) is 14.6 Å². The van der Waals surface area contributed by atoms with Gasteiger partial charge in [-0.25, -0.2) is 0 Å². The normalized spacial score (nSPS) is 11.6. The van der Waals surface area contributed by atoms with E-state index in [0.29, 0.717) is 13.0 Å². The molecular weight excluding hydrogens is 254 g/mol. The van der Waals surface area contributed by atoms with Crippen LogP contribution in [0.4, 0.5) is 0 Å². The molecule has 20 heavy (non-hydrogen) atoms. The Morgan fingerprint density at radius 2 is 2.20 bits per heavy atom. The quantitative estimate of drug-likeness (QED) is 0.864. The Labute approximate surface area is 118 Å². The van der Waals surface area contributed by atoms with Gasteiger partial charge in [-0.05, 0) is 33.8 Å². The molecule has 6 heteroatoms. The van der Waals surface area contributed by atoms with Crippen LogP contribution < -0.4 is 5.32 Å². The summed E-state index contributed by atoms with van der Waals surface area (Å²) in [5.74, 6) is -0.00201. The maximum absolute atomic E-state index is 12.0. The number of aromatic nitrogens is 4. The van der Waals surface area contributed by atoms with Crippen LogP contribution >= 0.6 is 0 Å². The van der Waals surface area contributed by atoms with Gasteiger partial charge in [0.05, 0.1) is 17.7 Å². The summed E-state index contributed by atoms with van der Waals surface area (Å²) < 4.78 is 1.85. The topological polar surface area (TPSA) is 75.6 Å². The van der Waals surface area contributed by atoms with Crippen LogP contribution in [-0.4, -0.2) is 32.4 Å². The number of rotatable bonds is 5. The van der Waals surface area contributed by atoms with Crippen LogP contribution in [0.5, 0.6) is 0 Å². The molecule has 0 atom stereocenters. The van der Waals surface area contributed by atoms with Crippen molar-refractivity contribution in [1.29, 1.82) is 0 Å². The second-order valence-electron chi connectivity index (χ2n) is 5.63. The molecule has 2 rings (SSSR count). The van der Waals surface area contributed by atoms with Crippen LogP contribution in [0.1, 0.15) is 30.8 Å². The lowest BCUT2D eigenvalue weighted by Crippen LogP contribution is -2.41. The van der Waals surface area contributed by atoms with Gasteiger partial charge in [0.25, 0.3) is 0 Å². The summed E-state index contributed by atoms with van der Waals surface area (Å²) in [4.78, 5) is 12.0. The molecule has 2 N–H and O–H groups in total. The van der Waals surface area contributed by atoms with Crippen molar-refractivity contribution in [3.8, 4) is 0 Å². The van der Waals surface area contributed by atoms with Crippen molar-refractivity contribution in [2.24, 2.45) is 0 Å². The lowest BCUT2D eigenvalue weighted by molar-refractivity contribution is -0.120. The van der Waals surface area contributed by atoms with Crippen molar-refractivity contribution in [2.75, 3.05) is 6.54 Å². The van der Waals surface area contributed by atoms with E-state index in [9.17, 15) is 4.79 Å². The van der Waals surface area contributed by atoms with Crippen molar-refractivity contribution in [2.45, 2.75) is 39.7 Å². The van der Waals surface area contributed by atoms with Gasteiger partial charge in [0, 0.05) is 30.2 Å². The molecule has 1 amide bonds. The molecule has 0 saturated heterocycles. The minimum absolute atomic E-state index is 0.00201. The standard InChI is InChI=1S/C14H21N5O/c1-10-12(11(2)18-17-10)8-13(20)15-9-14(3,4)19-7-5-6-16-19/h5-7H,8-9H2,1-4H3,(H,15,20)(H,17,18). The molecule has 2 heterocycles. The van der Waals surface area contributed by atoms with Crippen LogP contribution in [0.25, 0.3) is 0 Å². The monoisotopic (exact) mass is 275 g/mol. The number of hydrogen-bond donors (Lipinski definition) is 2. The van der Waals surface area contributed by atoms with Gasteiger partial charge in [0.2, 0.25) is 5.91 Å². The summed E-state index contributed by atoms with van der Waals surface area (Å²) in [7, 11) is 0. The summed E-state index contributed by atoms with van der Waals surface area (Å²) in [6.45, 7) is 8.43. The Morgan fingerprint density at radius 3 is 2.75 bits per heavy atom. The van der Waals surface area contributed by atoms with Crippen LogP contribution in [-0.2, 0) is 16.8 Å². The first-order valence-electron chi connectivity index (χ1n) is 6.67. The van der Waals surface area contributed by atoms with E-state index in [1.54, 1.807) is 6.20 Å². The molecule has 0 saturated carbocycles. The molecule has 108 valence electrons. The number of carbonyl (C=O) groups excluding carboxylic acids is 1. The zero-order chi connectivity index (χ0) is 14.8. The first kappa shape index (κ1) is 14.3. The van der Waals surface area contributed by atoms with Crippen LogP contribution in [0, 0.1) is 13.8 Å². The minimum Gasteiger partial charge on any atom is -0.353 e. The van der Waals surface area contributed by atoms with E-state index in [-0.39, 0.29) is 11.4 Å². The Hall–Kier alpha value is -2.11. The molecule has 0 radical (unpaired) electrons. The average molecular weight is 275 g/mol. The van der Waals surface area contributed by atoms with Crippen molar-refractivity contribution >= 4 is 5.91 Å². The first-order chi connectivity index (χ1) is 9.40. The molecule has 0 aliphatic rings. The Balaban J connectivity index is 1.93. The van der Waals surface area contributed by atoms with Gasteiger partial charge in [0.1, 0.15) is 0 Å². The van der Waals surface area contributed by atoms with Crippen molar-refractivity contribution in [3.63, 3.8) is 0 Å². The fourth-order valence-corrected chi connectivity index (χ4v) is 2.08. The highest BCUT2D eigenvalue weighted by Gasteiger charge is 2.21. The number of nitrogens with one attached hydrogen (secondary N) is 2. The molecular formula is C14H21N5O. The summed E-state index contributed by atoms with van der Waals surface area (Å²) >= 11 is 0. The second-order valence-corrected chi connectivity index (χ2v) is 5.63. The maximum atomic E-state index is 12.0. The van der Waals surface area contributed by atoms with E-state index in [0.717, 1.165) is 17.0 Å². The predicted molar refractivity (Wildman–Crippen MR) is 76.3 cm³/mol. The van der Waals surface area contributed by atoms with Gasteiger partial charge in [0.15, 0.2) is 0 Å². The van der Waals surface area contributed by atoms with Crippen LogP contribution in [0.3, 0.4) is 0 Å². The summed E-state index contributed by atoms with van der Waals surface area (Å²) in [5, 5.41) is 14.2. The SMILES string of the molecule is Cc1n[nH]c(C)c1CC(=O)NCC(C)(C)n1cccn1. The van der Waals surface area contributed by atoms with Crippen molar-refractivity contribution in [1.82, 2.24) is 25.3 Å². The van der Waals surface area contributed by atoms with Gasteiger partial charge in [-0.15, -0.1) is 0 Å². The lowest BCUT2D eigenvalue weighted by Gasteiger charge is -2.25. The molecule has 0 spiro atoms. The Bertz CT molecular complexity index is 563. The van der Waals surface area contributed by atoms with Gasteiger partial charge >= 0.3 is 0 Å². The number of amides is 1. The summed E-state index contributed by atoms with van der Waals surface area (Å²) in [6, 6.07) is 1.88. The number of carbonyl (C=O) groups is 1. The molecule has 2 aromatic heterocycles. The summed E-state index contributed by atoms with van der Waals surface area (Å²) in [6.07, 6.45) is 3.99. The molecule has 0 aliphatic carbocycles. The van der Waals surface area contributed by atoms with Crippen LogP contribution in [0.15, 0.2) is 18.5 Å². The predicted octanol–water partition coefficient (Wildman–Crippen LogP) is 1.32. The van der Waals surface area contributed by atoms with Crippen molar-refractivity contribution in [3.05, 3.63) is 35.4 Å². The first-order valence-corrected chi connectivity index (χ1v) is 6.67. The average Bonchev–Trinajstić information content (AvgIpc) is 3.02. The molecule has 6 nitrogen and oxygen atoms in total. The fraction of sp³-hybridized carbons (Fsp3) is 0.500. The van der Waals surface area contributed by atoms with Gasteiger partial charge < -0.3 is 5.32 Å². The van der Waals surface area contributed by atoms with Crippen molar-refractivity contribution < 1.29 is 4.79 Å². The maximum Gasteiger partial charge on any atom is 0.224 e. The third-order valence-corrected chi connectivity index (χ3v) is 3.46. The molecule has 0 fully saturated rings. The van der Waals surface area contributed by atoms with E-state index in [4.69, 9.17) is 0 Å². The number of nitrogens with zero attached hydrogens (tertiary/aromatic N) is 3. The second kappa shape index (κ2) is 5.48. The van der Waals surface area contributed by atoms with Crippen LogP contribution in [0.2, 0.25) is 0 Å². The molecule has 0 bridgehead atoms. The zero-order valence-corrected chi connectivity index (χ0v) is 12.4. The Morgan fingerprint density at radius 1 is 1.45 bits per heavy atom. The third kappa shape index (κ3) is 3.07. The highest BCUT2D eigenvalue weighted by Crippen LogP contribution is 2.13. The largest absolute Gasteiger partial charge is 0.353 e. The fourth-order valence-electron chi connectivity index (χ4n) is 2.08. The number of aryl methyl sites for hydroxylation is 2. The smallest absolute Gasteiger partial charge is 0.224 e. The summed E-state index contributed by atoms with van der Waals surface area (Å²) in [5.41, 5.74) is 2.55. The molecule has 0 aliphatic heterocycles. The molecule has 0 unspecified atom stereocenters. The number of hydrogen-bond acceptors (Lipinski definition) is 3. The highest BCUT2D eigenvalue weighted by atomic mass is 16.1.